The summed E-state index contributed by atoms with van der Waals surface area (Å²) in [5, 5.41) is 7.92. The molecule has 110 valence electrons. The van der Waals surface area contributed by atoms with Crippen LogP contribution in [0.15, 0.2) is 5.03 Å². The maximum atomic E-state index is 11.8. The molecule has 6 nitrogen and oxygen atoms in total. The van der Waals surface area contributed by atoms with Crippen LogP contribution in [0.2, 0.25) is 0 Å². The number of aromatic amines is 1. The summed E-state index contributed by atoms with van der Waals surface area (Å²) in [5.74, 6) is 3.56. The molecular formula is C14H17N5OS. The fraction of sp³-hybridized carbons (Fsp3) is 0.500. The first-order valence-corrected chi connectivity index (χ1v) is 7.93. The predicted molar refractivity (Wildman–Crippen MR) is 79.4 cm³/mol. The van der Waals surface area contributed by atoms with Gasteiger partial charge in [0.1, 0.15) is 16.7 Å². The second-order valence-corrected chi connectivity index (χ2v) is 6.26. The largest absolute Gasteiger partial charge is 0.294 e. The van der Waals surface area contributed by atoms with Crippen LogP contribution in [-0.4, -0.2) is 30.9 Å². The SMILES string of the molecule is CC(=O)c1c(C)nc(C)nc1SCc1nc(C2CC2)n[nH]1. The minimum atomic E-state index is -0.00811. The van der Waals surface area contributed by atoms with E-state index in [0.29, 0.717) is 23.1 Å². The van der Waals surface area contributed by atoms with Gasteiger partial charge in [0.15, 0.2) is 11.6 Å². The van der Waals surface area contributed by atoms with E-state index >= 15 is 0 Å². The molecule has 0 aromatic carbocycles. The number of H-pyrrole nitrogens is 1. The third kappa shape index (κ3) is 3.12. The quantitative estimate of drug-likeness (QED) is 0.519. The number of rotatable bonds is 5. The summed E-state index contributed by atoms with van der Waals surface area (Å²) in [7, 11) is 0. The van der Waals surface area contributed by atoms with E-state index in [9.17, 15) is 4.79 Å². The van der Waals surface area contributed by atoms with E-state index in [1.807, 2.05) is 13.8 Å². The maximum absolute atomic E-state index is 11.8. The van der Waals surface area contributed by atoms with Gasteiger partial charge in [-0.15, -0.1) is 0 Å². The number of hydrogen-bond acceptors (Lipinski definition) is 6. The lowest BCUT2D eigenvalue weighted by Crippen LogP contribution is -2.06. The van der Waals surface area contributed by atoms with E-state index in [-0.39, 0.29) is 5.78 Å². The molecule has 0 bridgehead atoms. The van der Waals surface area contributed by atoms with E-state index in [4.69, 9.17) is 0 Å². The molecule has 0 spiro atoms. The van der Waals surface area contributed by atoms with E-state index in [1.54, 1.807) is 6.92 Å². The molecule has 1 N–H and O–H groups in total. The van der Waals surface area contributed by atoms with E-state index in [2.05, 4.69) is 25.1 Å². The second kappa shape index (κ2) is 5.55. The number of thioether (sulfide) groups is 1. The van der Waals surface area contributed by atoms with Gasteiger partial charge in [0.2, 0.25) is 0 Å². The number of carbonyl (C=O) groups excluding carboxylic acids is 1. The zero-order valence-corrected chi connectivity index (χ0v) is 13.1. The van der Waals surface area contributed by atoms with Crippen molar-refractivity contribution >= 4 is 17.5 Å². The van der Waals surface area contributed by atoms with Crippen molar-refractivity contribution in [2.45, 2.75) is 50.3 Å². The van der Waals surface area contributed by atoms with Crippen LogP contribution in [0, 0.1) is 13.8 Å². The number of nitrogens with zero attached hydrogens (tertiary/aromatic N) is 4. The van der Waals surface area contributed by atoms with Crippen LogP contribution in [0.25, 0.3) is 0 Å². The molecule has 1 saturated carbocycles. The van der Waals surface area contributed by atoms with Crippen molar-refractivity contribution in [3.63, 3.8) is 0 Å². The van der Waals surface area contributed by atoms with Crippen LogP contribution >= 0.6 is 11.8 Å². The van der Waals surface area contributed by atoms with Gasteiger partial charge in [0, 0.05) is 5.92 Å². The van der Waals surface area contributed by atoms with Crippen LogP contribution in [0.1, 0.15) is 59.2 Å². The summed E-state index contributed by atoms with van der Waals surface area (Å²) in [6.45, 7) is 5.22. The lowest BCUT2D eigenvalue weighted by Gasteiger charge is -2.08. The number of ketones is 1. The summed E-state index contributed by atoms with van der Waals surface area (Å²) >= 11 is 1.50. The first-order valence-electron chi connectivity index (χ1n) is 6.94. The van der Waals surface area contributed by atoms with Gasteiger partial charge >= 0.3 is 0 Å². The van der Waals surface area contributed by atoms with Crippen molar-refractivity contribution in [1.29, 1.82) is 0 Å². The smallest absolute Gasteiger partial charge is 0.164 e. The molecule has 0 amide bonds. The fourth-order valence-corrected chi connectivity index (χ4v) is 3.26. The van der Waals surface area contributed by atoms with E-state index < -0.39 is 0 Å². The zero-order valence-electron chi connectivity index (χ0n) is 12.3. The Morgan fingerprint density at radius 1 is 1.29 bits per heavy atom. The summed E-state index contributed by atoms with van der Waals surface area (Å²) < 4.78 is 0. The van der Waals surface area contributed by atoms with Gasteiger partial charge in [-0.3, -0.25) is 9.89 Å². The highest BCUT2D eigenvalue weighted by Gasteiger charge is 2.27. The summed E-state index contributed by atoms with van der Waals surface area (Å²) in [5.41, 5.74) is 1.33. The van der Waals surface area contributed by atoms with Crippen molar-refractivity contribution < 1.29 is 4.79 Å². The Balaban J connectivity index is 1.78. The molecule has 2 aromatic rings. The number of aryl methyl sites for hydroxylation is 2. The normalized spacial score (nSPS) is 14.4. The number of nitrogens with one attached hydrogen (secondary N) is 1. The van der Waals surface area contributed by atoms with Gasteiger partial charge in [0.05, 0.1) is 17.0 Å². The summed E-state index contributed by atoms with van der Waals surface area (Å²) in [4.78, 5) is 24.9. The average molecular weight is 303 g/mol. The highest BCUT2D eigenvalue weighted by atomic mass is 32.2. The third-order valence-corrected chi connectivity index (χ3v) is 4.34. The summed E-state index contributed by atoms with van der Waals surface area (Å²) in [6.07, 6.45) is 2.37. The van der Waals surface area contributed by atoms with Gasteiger partial charge in [-0.2, -0.15) is 5.10 Å². The van der Waals surface area contributed by atoms with Gasteiger partial charge in [-0.25, -0.2) is 15.0 Å². The van der Waals surface area contributed by atoms with Gasteiger partial charge in [-0.1, -0.05) is 11.8 Å². The second-order valence-electron chi connectivity index (χ2n) is 5.30. The molecule has 1 aliphatic rings. The highest BCUT2D eigenvalue weighted by Crippen LogP contribution is 2.38. The minimum Gasteiger partial charge on any atom is -0.294 e. The molecule has 0 aliphatic heterocycles. The van der Waals surface area contributed by atoms with Gasteiger partial charge in [0.25, 0.3) is 0 Å². The Morgan fingerprint density at radius 3 is 2.71 bits per heavy atom. The number of Topliss-reactive ketones (excluding diaryl/α,β-unsaturated/α-hetero) is 1. The van der Waals surface area contributed by atoms with Crippen LogP contribution in [0.5, 0.6) is 0 Å². The molecule has 0 radical (unpaired) electrons. The van der Waals surface area contributed by atoms with Crippen molar-refractivity contribution in [2.24, 2.45) is 0 Å². The maximum Gasteiger partial charge on any atom is 0.164 e. The molecule has 2 aromatic heterocycles. The Kier molecular flexibility index (Phi) is 3.75. The molecule has 7 heteroatoms. The van der Waals surface area contributed by atoms with Crippen LogP contribution in [-0.2, 0) is 5.75 Å². The number of aromatic nitrogens is 5. The lowest BCUT2D eigenvalue weighted by atomic mass is 10.2. The van der Waals surface area contributed by atoms with E-state index in [0.717, 1.165) is 22.4 Å². The van der Waals surface area contributed by atoms with Crippen LogP contribution < -0.4 is 0 Å². The molecule has 0 saturated heterocycles. The van der Waals surface area contributed by atoms with Gasteiger partial charge in [-0.05, 0) is 33.6 Å². The molecule has 3 rings (SSSR count). The van der Waals surface area contributed by atoms with E-state index in [1.165, 1.54) is 24.6 Å². The molecule has 21 heavy (non-hydrogen) atoms. The Morgan fingerprint density at radius 2 is 2.05 bits per heavy atom. The third-order valence-electron chi connectivity index (χ3n) is 3.36. The molecule has 1 aliphatic carbocycles. The number of hydrogen-bond donors (Lipinski definition) is 1. The molecular weight excluding hydrogens is 286 g/mol. The van der Waals surface area contributed by atoms with Gasteiger partial charge < -0.3 is 0 Å². The lowest BCUT2D eigenvalue weighted by molar-refractivity contribution is 0.101. The molecule has 0 unspecified atom stereocenters. The first kappa shape index (κ1) is 14.2. The number of carbonyl (C=O) groups is 1. The van der Waals surface area contributed by atoms with Crippen LogP contribution in [0.4, 0.5) is 0 Å². The molecule has 2 heterocycles. The predicted octanol–water partition coefficient (Wildman–Crippen LogP) is 2.58. The minimum absolute atomic E-state index is 0.00811. The Bertz CT molecular complexity index is 693. The monoisotopic (exact) mass is 303 g/mol. The van der Waals surface area contributed by atoms with Crippen LogP contribution in [0.3, 0.4) is 0 Å². The van der Waals surface area contributed by atoms with Crippen molar-refractivity contribution in [3.05, 3.63) is 28.7 Å². The fourth-order valence-electron chi connectivity index (χ4n) is 2.23. The molecule has 0 atom stereocenters. The average Bonchev–Trinajstić information content (AvgIpc) is 3.14. The van der Waals surface area contributed by atoms with Crippen molar-refractivity contribution in [1.82, 2.24) is 25.1 Å². The highest BCUT2D eigenvalue weighted by molar-refractivity contribution is 7.98. The first-order chi connectivity index (χ1) is 10.0. The van der Waals surface area contributed by atoms with Crippen molar-refractivity contribution in [3.8, 4) is 0 Å². The Hall–Kier alpha value is -1.76. The summed E-state index contributed by atoms with van der Waals surface area (Å²) in [6, 6.07) is 0. The topological polar surface area (TPSA) is 84.4 Å². The standard InChI is InChI=1S/C14H17N5OS/c1-7-12(8(2)20)14(16-9(3)15-7)21-6-11-17-13(19-18-11)10-4-5-10/h10H,4-6H2,1-3H3,(H,17,18,19). The zero-order chi connectivity index (χ0) is 15.0. The van der Waals surface area contributed by atoms with Crippen molar-refractivity contribution in [2.75, 3.05) is 0 Å². The molecule has 1 fully saturated rings. The Labute approximate surface area is 127 Å².